The molecule has 0 saturated heterocycles. The molecule has 1 aliphatic rings. The Kier molecular flexibility index (Phi) is 7.07. The Morgan fingerprint density at radius 1 is 1.14 bits per heavy atom. The van der Waals surface area contributed by atoms with E-state index in [1.807, 2.05) is 6.19 Å². The number of pyridine rings is 1. The van der Waals surface area contributed by atoms with E-state index in [0.717, 1.165) is 24.1 Å². The van der Waals surface area contributed by atoms with Crippen LogP contribution < -0.4 is 10.6 Å². The van der Waals surface area contributed by atoms with Gasteiger partial charge in [-0.05, 0) is 55.5 Å². The number of alkyl halides is 1. The highest BCUT2D eigenvalue weighted by Gasteiger charge is 2.31. The van der Waals surface area contributed by atoms with Gasteiger partial charge in [-0.25, -0.2) is 13.4 Å². The highest BCUT2D eigenvalue weighted by molar-refractivity contribution is 7.92. The zero-order valence-electron chi connectivity index (χ0n) is 15.8. The maximum Gasteiger partial charge on any atom is 0.209 e. The molecule has 0 aliphatic heterocycles. The van der Waals surface area contributed by atoms with E-state index in [1.165, 1.54) is 0 Å². The number of benzene rings is 1. The molecule has 9 heteroatoms. The summed E-state index contributed by atoms with van der Waals surface area (Å²) in [5.74, 6) is 0.299. The average Bonchev–Trinajstić information content (AvgIpc) is 2.73. The van der Waals surface area contributed by atoms with Crippen molar-refractivity contribution in [2.45, 2.75) is 47.8 Å². The molecule has 29 heavy (non-hydrogen) atoms. The van der Waals surface area contributed by atoms with Crippen molar-refractivity contribution in [1.29, 1.82) is 5.26 Å². The van der Waals surface area contributed by atoms with E-state index in [4.69, 9.17) is 16.9 Å². The monoisotopic (exact) mass is 431 g/mol. The second-order valence-electron chi connectivity index (χ2n) is 6.83. The van der Waals surface area contributed by atoms with Crippen molar-refractivity contribution in [3.63, 3.8) is 0 Å². The minimum atomic E-state index is -3.35. The maximum atomic E-state index is 12.8. The molecule has 1 aliphatic carbocycles. The summed E-state index contributed by atoms with van der Waals surface area (Å²) in [5, 5.41) is 14.1. The second kappa shape index (κ2) is 9.72. The number of hydrogen-bond acceptors (Lipinski definition) is 5. The zero-order chi connectivity index (χ0) is 20.7. The predicted molar refractivity (Wildman–Crippen MR) is 113 cm³/mol. The summed E-state index contributed by atoms with van der Waals surface area (Å²) in [5.41, 5.74) is 1.58. The average molecular weight is 432 g/mol. The smallest absolute Gasteiger partial charge is 0.209 e. The maximum absolute atomic E-state index is 12.8. The molecule has 2 aromatic rings. The number of rotatable bonds is 5. The van der Waals surface area contributed by atoms with E-state index in [0.29, 0.717) is 30.2 Å². The fraction of sp³-hybridized carbons (Fsp3) is 0.350. The lowest BCUT2D eigenvalue weighted by molar-refractivity contribution is 0.488. The number of nitriles is 1. The van der Waals surface area contributed by atoms with E-state index in [9.17, 15) is 8.42 Å². The van der Waals surface area contributed by atoms with Crippen molar-refractivity contribution in [1.82, 2.24) is 10.3 Å². The van der Waals surface area contributed by atoms with Crippen LogP contribution >= 0.6 is 11.6 Å². The van der Waals surface area contributed by atoms with Crippen LogP contribution in [-0.2, 0) is 16.4 Å². The molecule has 0 amide bonds. The van der Waals surface area contributed by atoms with Gasteiger partial charge in [0.15, 0.2) is 16.0 Å². The summed E-state index contributed by atoms with van der Waals surface area (Å²) in [6.07, 6.45) is 7.78. The van der Waals surface area contributed by atoms with E-state index in [-0.39, 0.29) is 10.6 Å². The third kappa shape index (κ3) is 5.68. The molecule has 7 nitrogen and oxygen atoms in total. The molecule has 0 atom stereocenters. The minimum absolute atomic E-state index is 0.0821. The first-order valence-corrected chi connectivity index (χ1v) is 11.3. The molecule has 0 spiro atoms. The number of hydrogen-bond donors (Lipinski definition) is 2. The Bertz CT molecular complexity index is 980. The van der Waals surface area contributed by atoms with Gasteiger partial charge < -0.3 is 5.32 Å². The number of sulfone groups is 1. The number of nitrogens with zero attached hydrogens (tertiary/aromatic N) is 3. The number of anilines is 1. The molecule has 1 aromatic carbocycles. The molecule has 1 saturated carbocycles. The Balaban J connectivity index is 1.67. The van der Waals surface area contributed by atoms with Gasteiger partial charge in [-0.2, -0.15) is 5.26 Å². The third-order valence-corrected chi connectivity index (χ3v) is 7.55. The van der Waals surface area contributed by atoms with Gasteiger partial charge in [-0.3, -0.25) is 10.3 Å². The van der Waals surface area contributed by atoms with Gasteiger partial charge in [0.2, 0.25) is 5.96 Å². The number of halogens is 1. The van der Waals surface area contributed by atoms with Gasteiger partial charge >= 0.3 is 0 Å². The SMILES string of the molecule is N#CNC(=NCc1ccc(S(=O)(=O)C2CCC(Cl)CC2)cc1)Nc1ccncc1. The molecule has 0 radical (unpaired) electrons. The Hall–Kier alpha value is -2.63. The molecule has 3 rings (SSSR count). The lowest BCUT2D eigenvalue weighted by atomic mass is 10.00. The molecular formula is C20H22ClN5O2S. The van der Waals surface area contributed by atoms with Gasteiger partial charge in [0.25, 0.3) is 0 Å². The summed E-state index contributed by atoms with van der Waals surface area (Å²) in [4.78, 5) is 8.62. The van der Waals surface area contributed by atoms with E-state index in [1.54, 1.807) is 48.8 Å². The number of nitrogens with one attached hydrogen (secondary N) is 2. The zero-order valence-corrected chi connectivity index (χ0v) is 17.3. The van der Waals surface area contributed by atoms with Gasteiger partial charge in [0.1, 0.15) is 0 Å². The summed E-state index contributed by atoms with van der Waals surface area (Å²) in [6, 6.07) is 10.3. The van der Waals surface area contributed by atoms with E-state index < -0.39 is 9.84 Å². The van der Waals surface area contributed by atoms with Gasteiger partial charge in [-0.15, -0.1) is 11.6 Å². The molecule has 1 aromatic heterocycles. The Morgan fingerprint density at radius 3 is 2.41 bits per heavy atom. The minimum Gasteiger partial charge on any atom is -0.325 e. The van der Waals surface area contributed by atoms with Gasteiger partial charge in [0, 0.05) is 23.5 Å². The normalized spacial score (nSPS) is 19.9. The largest absolute Gasteiger partial charge is 0.325 e. The number of aliphatic imine (C=N–C) groups is 1. The fourth-order valence-electron chi connectivity index (χ4n) is 3.22. The highest BCUT2D eigenvalue weighted by Crippen LogP contribution is 2.31. The van der Waals surface area contributed by atoms with Gasteiger partial charge in [0.05, 0.1) is 16.7 Å². The molecule has 0 bridgehead atoms. The Labute approximate surface area is 175 Å². The van der Waals surface area contributed by atoms with Crippen LogP contribution in [0, 0.1) is 11.5 Å². The predicted octanol–water partition coefficient (Wildman–Crippen LogP) is 3.44. The third-order valence-electron chi connectivity index (χ3n) is 4.83. The van der Waals surface area contributed by atoms with Crippen molar-refractivity contribution in [3.05, 3.63) is 54.4 Å². The van der Waals surface area contributed by atoms with Crippen LogP contribution in [0.3, 0.4) is 0 Å². The first-order valence-electron chi connectivity index (χ1n) is 9.32. The molecule has 1 fully saturated rings. The van der Waals surface area contributed by atoms with E-state index in [2.05, 4.69) is 20.6 Å². The first-order chi connectivity index (χ1) is 14.0. The molecule has 0 unspecified atom stereocenters. The summed E-state index contributed by atoms with van der Waals surface area (Å²) in [7, 11) is -3.35. The second-order valence-corrected chi connectivity index (χ2v) is 9.67. The fourth-order valence-corrected chi connectivity index (χ4v) is 5.26. The summed E-state index contributed by atoms with van der Waals surface area (Å²) >= 11 is 6.09. The van der Waals surface area contributed by atoms with Crippen molar-refractivity contribution < 1.29 is 8.42 Å². The quantitative estimate of drug-likeness (QED) is 0.247. The Morgan fingerprint density at radius 2 is 1.79 bits per heavy atom. The number of guanidine groups is 1. The summed E-state index contributed by atoms with van der Waals surface area (Å²) < 4.78 is 25.7. The van der Waals surface area contributed by atoms with Crippen molar-refractivity contribution >= 4 is 33.1 Å². The highest BCUT2D eigenvalue weighted by atomic mass is 35.5. The van der Waals surface area contributed by atoms with Crippen LogP contribution in [0.1, 0.15) is 31.2 Å². The lowest BCUT2D eigenvalue weighted by Gasteiger charge is -2.24. The number of aromatic nitrogens is 1. The van der Waals surface area contributed by atoms with Crippen molar-refractivity contribution in [2.24, 2.45) is 4.99 Å². The van der Waals surface area contributed by atoms with Crippen molar-refractivity contribution in [2.75, 3.05) is 5.32 Å². The standard InChI is InChI=1S/C20H22ClN5O2S/c21-16-3-7-19(8-4-16)29(27,28)18-5-1-15(2-6-18)13-24-20(25-14-22)26-17-9-11-23-12-10-17/h1-2,5-6,9-12,16,19H,3-4,7-8,13H2,(H2,23,24,25,26). The first kappa shape index (κ1) is 21.1. The van der Waals surface area contributed by atoms with Crippen LogP contribution in [0.4, 0.5) is 5.69 Å². The van der Waals surface area contributed by atoms with Crippen LogP contribution in [0.15, 0.2) is 58.7 Å². The molecule has 1 heterocycles. The van der Waals surface area contributed by atoms with Crippen LogP contribution in [0.25, 0.3) is 0 Å². The molecule has 152 valence electrons. The molecule has 2 N–H and O–H groups in total. The molecular weight excluding hydrogens is 410 g/mol. The van der Waals surface area contributed by atoms with Gasteiger partial charge in [-0.1, -0.05) is 12.1 Å². The van der Waals surface area contributed by atoms with Crippen LogP contribution in [0.2, 0.25) is 0 Å². The summed E-state index contributed by atoms with van der Waals surface area (Å²) in [6.45, 7) is 0.291. The van der Waals surface area contributed by atoms with E-state index >= 15 is 0 Å². The van der Waals surface area contributed by atoms with Crippen LogP contribution in [0.5, 0.6) is 0 Å². The lowest BCUT2D eigenvalue weighted by Crippen LogP contribution is -2.27. The van der Waals surface area contributed by atoms with Crippen LogP contribution in [-0.4, -0.2) is 30.0 Å². The van der Waals surface area contributed by atoms with Crippen molar-refractivity contribution in [3.8, 4) is 6.19 Å². The topological polar surface area (TPSA) is 107 Å².